The van der Waals surface area contributed by atoms with Gasteiger partial charge in [-0.3, -0.25) is 14.8 Å². The van der Waals surface area contributed by atoms with Gasteiger partial charge in [-0.15, -0.1) is 0 Å². The second-order valence-electron chi connectivity index (χ2n) is 4.68. The summed E-state index contributed by atoms with van der Waals surface area (Å²) >= 11 is 0. The maximum absolute atomic E-state index is 11.1. The first-order valence-electron chi connectivity index (χ1n) is 7.05. The van der Waals surface area contributed by atoms with E-state index in [4.69, 9.17) is 21.0 Å². The monoisotopic (exact) mass is 328 g/mol. The minimum atomic E-state index is 0.0904. The number of rotatable bonds is 8. The van der Waals surface area contributed by atoms with Crippen molar-refractivity contribution >= 4 is 24.4 Å². The summed E-state index contributed by atoms with van der Waals surface area (Å²) < 4.78 is 5.64. The Kier molecular flexibility index (Phi) is 7.63. The molecule has 0 fully saturated rings. The maximum Gasteiger partial charge on any atom is 0.153 e. The minimum Gasteiger partial charge on any atom is -0.516 e. The molecule has 1 aromatic rings. The number of allylic oxidation sites excluding steroid dienone is 4. The van der Waals surface area contributed by atoms with Gasteiger partial charge < -0.3 is 21.0 Å². The van der Waals surface area contributed by atoms with Gasteiger partial charge in [0.25, 0.3) is 0 Å². The number of hydrogen-bond donors (Lipinski definition) is 3. The van der Waals surface area contributed by atoms with E-state index in [1.165, 1.54) is 19.3 Å². The van der Waals surface area contributed by atoms with Crippen LogP contribution in [-0.2, 0) is 16.1 Å². The summed E-state index contributed by atoms with van der Waals surface area (Å²) in [7, 11) is 1.54. The normalized spacial score (nSPS) is 13.6. The second kappa shape index (κ2) is 9.73. The van der Waals surface area contributed by atoms with E-state index >= 15 is 0 Å². The molecule has 7 heteroatoms. The van der Waals surface area contributed by atoms with Crippen molar-refractivity contribution in [3.05, 3.63) is 58.8 Å². The lowest BCUT2D eigenvalue weighted by molar-refractivity contribution is -0.104. The van der Waals surface area contributed by atoms with Crippen LogP contribution < -0.4 is 5.73 Å². The van der Waals surface area contributed by atoms with Crippen molar-refractivity contribution in [1.29, 1.82) is 5.41 Å². The summed E-state index contributed by atoms with van der Waals surface area (Å²) in [6, 6.07) is 3.52. The highest BCUT2D eigenvalue weighted by molar-refractivity contribution is 5.90. The molecule has 24 heavy (non-hydrogen) atoms. The topological polar surface area (TPSA) is 122 Å². The van der Waals surface area contributed by atoms with E-state index in [2.05, 4.69) is 9.98 Å². The molecule has 0 bridgehead atoms. The highest BCUT2D eigenvalue weighted by Crippen LogP contribution is 2.17. The zero-order chi connectivity index (χ0) is 17.9. The molecule has 0 radical (unpaired) electrons. The van der Waals surface area contributed by atoms with Crippen LogP contribution in [-0.4, -0.2) is 35.9 Å². The lowest BCUT2D eigenvalue weighted by Crippen LogP contribution is -2.08. The van der Waals surface area contributed by atoms with Gasteiger partial charge in [0.15, 0.2) is 6.29 Å². The highest BCUT2D eigenvalue weighted by atomic mass is 16.5. The number of hydrogen-bond acceptors (Lipinski definition) is 7. The lowest BCUT2D eigenvalue weighted by Gasteiger charge is -2.12. The molecule has 0 saturated heterocycles. The molecule has 0 aliphatic heterocycles. The Bertz CT molecular complexity index is 718. The molecule has 0 aromatic carbocycles. The van der Waals surface area contributed by atoms with Crippen LogP contribution in [0.5, 0.6) is 0 Å². The van der Waals surface area contributed by atoms with Crippen LogP contribution in [0.4, 0.5) is 0 Å². The largest absolute Gasteiger partial charge is 0.516 e. The van der Waals surface area contributed by atoms with E-state index in [9.17, 15) is 4.79 Å². The Morgan fingerprint density at radius 3 is 2.88 bits per heavy atom. The average molecular weight is 328 g/mol. The molecule has 1 heterocycles. The van der Waals surface area contributed by atoms with Crippen LogP contribution in [0.2, 0.25) is 0 Å². The van der Waals surface area contributed by atoms with E-state index in [0.717, 1.165) is 12.5 Å². The van der Waals surface area contributed by atoms with Crippen LogP contribution in [0, 0.1) is 5.41 Å². The Labute approximate surface area is 140 Å². The first-order chi connectivity index (χ1) is 11.6. The van der Waals surface area contributed by atoms with Crippen molar-refractivity contribution < 1.29 is 14.6 Å². The molecule has 126 valence electrons. The Morgan fingerprint density at radius 2 is 2.29 bits per heavy atom. The third-order valence-corrected chi connectivity index (χ3v) is 3.08. The number of nitrogens with two attached hydrogens (primary N) is 1. The van der Waals surface area contributed by atoms with Crippen LogP contribution in [0.1, 0.15) is 18.2 Å². The fourth-order valence-electron chi connectivity index (χ4n) is 1.79. The van der Waals surface area contributed by atoms with E-state index < -0.39 is 0 Å². The van der Waals surface area contributed by atoms with Gasteiger partial charge in [0.05, 0.1) is 29.4 Å². The zero-order valence-corrected chi connectivity index (χ0v) is 13.6. The van der Waals surface area contributed by atoms with E-state index in [0.29, 0.717) is 28.8 Å². The van der Waals surface area contributed by atoms with Crippen molar-refractivity contribution in [2.75, 3.05) is 7.05 Å². The number of nitrogens with zero attached hydrogens (tertiary/aromatic N) is 2. The number of aliphatic hydroxyl groups excluding tert-OH is 1. The third-order valence-electron chi connectivity index (χ3n) is 3.08. The second-order valence-corrected chi connectivity index (χ2v) is 4.68. The lowest BCUT2D eigenvalue weighted by atomic mass is 10.1. The van der Waals surface area contributed by atoms with Gasteiger partial charge in [0.2, 0.25) is 0 Å². The van der Waals surface area contributed by atoms with Crippen LogP contribution in [0.3, 0.4) is 0 Å². The molecule has 0 aliphatic carbocycles. The van der Waals surface area contributed by atoms with Crippen LogP contribution >= 0.6 is 0 Å². The molecule has 7 nitrogen and oxygen atoms in total. The van der Waals surface area contributed by atoms with Gasteiger partial charge in [0, 0.05) is 25.0 Å². The van der Waals surface area contributed by atoms with E-state index in [-0.39, 0.29) is 17.9 Å². The summed E-state index contributed by atoms with van der Waals surface area (Å²) in [6.07, 6.45) is 6.64. The first-order valence-corrected chi connectivity index (χ1v) is 7.05. The molecule has 0 aliphatic rings. The maximum atomic E-state index is 11.1. The Balaban J connectivity index is 3.18. The predicted octanol–water partition coefficient (Wildman–Crippen LogP) is 2.16. The van der Waals surface area contributed by atoms with Gasteiger partial charge in [0.1, 0.15) is 12.4 Å². The highest BCUT2D eigenvalue weighted by Gasteiger charge is 2.10. The number of ether oxygens (including phenoxy) is 1. The number of carbonyl (C=O) groups excluding carboxylic acids is 1. The van der Waals surface area contributed by atoms with Crippen molar-refractivity contribution in [2.45, 2.75) is 13.5 Å². The van der Waals surface area contributed by atoms with Crippen LogP contribution in [0.25, 0.3) is 5.70 Å². The number of carbonyl (C=O) groups is 1. The molecule has 1 rings (SSSR count). The number of nitrogens with one attached hydrogen (secondary N) is 1. The summed E-state index contributed by atoms with van der Waals surface area (Å²) in [6.45, 7) is 1.81. The molecular weight excluding hydrogens is 308 g/mol. The number of aliphatic imine (C=N–C) groups is 1. The SMILES string of the molecule is CN=CC(OCc1cccnc1/C(N)=C(\C)C=N)=C(C=O)C=CO. The number of aliphatic hydroxyl groups is 1. The molecular formula is C17H20N4O3. The smallest absolute Gasteiger partial charge is 0.153 e. The molecule has 0 saturated carbocycles. The van der Waals surface area contributed by atoms with Crippen LogP contribution in [0.15, 0.2) is 52.6 Å². The first kappa shape index (κ1) is 18.8. The minimum absolute atomic E-state index is 0.0904. The van der Waals surface area contributed by atoms with Gasteiger partial charge in [-0.25, -0.2) is 0 Å². The number of aldehydes is 1. The van der Waals surface area contributed by atoms with E-state index in [1.54, 1.807) is 25.3 Å². The Hall–Kier alpha value is -3.22. The quantitative estimate of drug-likeness (QED) is 0.222. The molecule has 0 unspecified atom stereocenters. The van der Waals surface area contributed by atoms with Gasteiger partial charge in [-0.1, -0.05) is 6.07 Å². The van der Waals surface area contributed by atoms with Crippen molar-refractivity contribution in [2.24, 2.45) is 10.7 Å². The van der Waals surface area contributed by atoms with Gasteiger partial charge in [-0.05, 0) is 24.6 Å². The van der Waals surface area contributed by atoms with Gasteiger partial charge >= 0.3 is 0 Å². The molecule has 0 amide bonds. The van der Waals surface area contributed by atoms with Crippen molar-refractivity contribution in [3.63, 3.8) is 0 Å². The molecule has 4 N–H and O–H groups in total. The van der Waals surface area contributed by atoms with Crippen molar-refractivity contribution in [1.82, 2.24) is 4.98 Å². The summed E-state index contributed by atoms with van der Waals surface area (Å²) in [5.41, 5.74) is 8.33. The fourth-order valence-corrected chi connectivity index (χ4v) is 1.79. The standard InChI is InChI=1S/C17H20N4O3/c1-12(8-18)16(19)17-14(4-3-6-21-17)11-24-15(9-20-2)13(10-23)5-7-22/h3-10,18,22H,11,19H2,1-2H3/b7-5?,15-13?,16-12-,18-8?,20-9?. The summed E-state index contributed by atoms with van der Waals surface area (Å²) in [5.74, 6) is 0.207. The number of aromatic nitrogens is 1. The predicted molar refractivity (Wildman–Crippen MR) is 93.9 cm³/mol. The zero-order valence-electron chi connectivity index (χ0n) is 13.6. The number of pyridine rings is 1. The summed E-state index contributed by atoms with van der Waals surface area (Å²) in [5, 5.41) is 16.1. The average Bonchev–Trinajstić information content (AvgIpc) is 2.62. The van der Waals surface area contributed by atoms with Gasteiger partial charge in [-0.2, -0.15) is 0 Å². The molecule has 0 atom stereocenters. The van der Waals surface area contributed by atoms with Crippen molar-refractivity contribution in [3.8, 4) is 0 Å². The molecule has 1 aromatic heterocycles. The Morgan fingerprint density at radius 1 is 1.54 bits per heavy atom. The summed E-state index contributed by atoms with van der Waals surface area (Å²) in [4.78, 5) is 19.2. The molecule has 0 spiro atoms. The van der Waals surface area contributed by atoms with E-state index in [1.807, 2.05) is 0 Å². The third kappa shape index (κ3) is 4.91. The fraction of sp³-hybridized carbons (Fsp3) is 0.176.